The third kappa shape index (κ3) is 10.9. The minimum Gasteiger partial charge on any atom is -0.490 e. The van der Waals surface area contributed by atoms with Crippen LogP contribution in [0.15, 0.2) is 36.4 Å². The topological polar surface area (TPSA) is 21.8 Å². The summed E-state index contributed by atoms with van der Waals surface area (Å²) in [7, 11) is 0. The molecule has 158 valence electrons. The van der Waals surface area contributed by atoms with Crippen LogP contribution in [0.3, 0.4) is 0 Å². The molecule has 1 aliphatic rings. The van der Waals surface area contributed by atoms with Crippen LogP contribution >= 0.6 is 0 Å². The van der Waals surface area contributed by atoms with E-state index >= 15 is 0 Å². The Balaban J connectivity index is 1.41. The molecule has 0 bridgehead atoms. The first-order valence-electron chi connectivity index (χ1n) is 11.7. The van der Waals surface area contributed by atoms with E-state index in [2.05, 4.69) is 50.3 Å². The van der Waals surface area contributed by atoms with E-state index in [0.717, 1.165) is 18.8 Å². The van der Waals surface area contributed by atoms with Gasteiger partial charge < -0.3 is 9.47 Å². The number of epoxide rings is 1. The van der Waals surface area contributed by atoms with Gasteiger partial charge in [-0.1, -0.05) is 76.2 Å². The number of allylic oxidation sites excluding steroid dienone is 2. The van der Waals surface area contributed by atoms with E-state index in [1.54, 1.807) is 0 Å². The fourth-order valence-corrected chi connectivity index (χ4v) is 3.46. The number of hydrogen-bond donors (Lipinski definition) is 0. The van der Waals surface area contributed by atoms with Crippen LogP contribution in [-0.4, -0.2) is 18.8 Å². The number of benzene rings is 1. The molecule has 0 saturated carbocycles. The summed E-state index contributed by atoms with van der Waals surface area (Å²) in [5.41, 5.74) is 1.35. The summed E-state index contributed by atoms with van der Waals surface area (Å²) in [6.45, 7) is 5.85. The second-order valence-electron chi connectivity index (χ2n) is 8.66. The summed E-state index contributed by atoms with van der Waals surface area (Å²) >= 11 is 0. The van der Waals surface area contributed by atoms with E-state index in [9.17, 15) is 0 Å². The van der Waals surface area contributed by atoms with Gasteiger partial charge in [0.05, 0.1) is 6.61 Å². The number of ether oxygens (including phenoxy) is 2. The Bertz CT molecular complexity index is 545. The summed E-state index contributed by atoms with van der Waals surface area (Å²) < 4.78 is 11.2. The molecule has 1 heterocycles. The van der Waals surface area contributed by atoms with Crippen molar-refractivity contribution < 1.29 is 9.47 Å². The Labute approximate surface area is 173 Å². The van der Waals surface area contributed by atoms with E-state index in [1.165, 1.54) is 82.6 Å². The minimum atomic E-state index is -0.0412. The lowest BCUT2D eigenvalue weighted by molar-refractivity contribution is 0.202. The van der Waals surface area contributed by atoms with E-state index in [1.807, 2.05) is 0 Å². The maximum absolute atomic E-state index is 5.87. The van der Waals surface area contributed by atoms with Crippen molar-refractivity contribution in [3.63, 3.8) is 0 Å². The number of aryl methyl sites for hydroxylation is 1. The van der Waals surface area contributed by atoms with Gasteiger partial charge in [-0.25, -0.2) is 0 Å². The summed E-state index contributed by atoms with van der Waals surface area (Å²) in [5.74, 6) is 0.979. The maximum Gasteiger partial charge on any atom is 0.123 e. The molecule has 2 nitrogen and oxygen atoms in total. The minimum absolute atomic E-state index is 0.0412. The largest absolute Gasteiger partial charge is 0.490 e. The summed E-state index contributed by atoms with van der Waals surface area (Å²) in [6.07, 6.45) is 22.1. The molecule has 0 spiro atoms. The zero-order valence-corrected chi connectivity index (χ0v) is 18.4. The zero-order chi connectivity index (χ0) is 19.9. The van der Waals surface area contributed by atoms with Crippen molar-refractivity contribution in [2.45, 2.75) is 103 Å². The molecular weight excluding hydrogens is 344 g/mol. The van der Waals surface area contributed by atoms with Gasteiger partial charge >= 0.3 is 0 Å². The van der Waals surface area contributed by atoms with Crippen LogP contribution in [0, 0.1) is 0 Å². The molecule has 28 heavy (non-hydrogen) atoms. The van der Waals surface area contributed by atoms with Gasteiger partial charge in [0.1, 0.15) is 18.0 Å². The smallest absolute Gasteiger partial charge is 0.123 e. The van der Waals surface area contributed by atoms with Crippen molar-refractivity contribution >= 4 is 0 Å². The highest BCUT2D eigenvalue weighted by molar-refractivity contribution is 5.28. The first kappa shape index (κ1) is 23.0. The highest BCUT2D eigenvalue weighted by atomic mass is 16.6. The molecular formula is C26H42O2. The summed E-state index contributed by atoms with van der Waals surface area (Å²) in [6, 6.07) is 8.57. The third-order valence-electron chi connectivity index (χ3n) is 5.56. The van der Waals surface area contributed by atoms with E-state index < -0.39 is 0 Å². The standard InChI is InChI=1S/C26H42O2/c1-3-4-5-6-7-8-9-10-11-12-13-14-15-16-18-24-19-17-20-25(21-24)27-22-26(2)23-28-26/h8-9,17,19-21H,3-7,10-16,18,22-23H2,1-2H3/b9-8+. The van der Waals surface area contributed by atoms with E-state index in [4.69, 9.17) is 9.47 Å². The molecule has 0 radical (unpaired) electrons. The fourth-order valence-electron chi connectivity index (χ4n) is 3.46. The molecule has 1 fully saturated rings. The van der Waals surface area contributed by atoms with Crippen LogP contribution in [0.25, 0.3) is 0 Å². The van der Waals surface area contributed by atoms with Crippen molar-refractivity contribution in [3.05, 3.63) is 42.0 Å². The van der Waals surface area contributed by atoms with Gasteiger partial charge in [0.25, 0.3) is 0 Å². The van der Waals surface area contributed by atoms with Crippen LogP contribution < -0.4 is 4.74 Å². The van der Waals surface area contributed by atoms with Gasteiger partial charge in [-0.15, -0.1) is 0 Å². The molecule has 1 aromatic carbocycles. The summed E-state index contributed by atoms with van der Waals surface area (Å²) in [5, 5.41) is 0. The molecule has 0 N–H and O–H groups in total. The Hall–Kier alpha value is -1.28. The molecule has 1 aromatic rings. The molecule has 2 rings (SSSR count). The molecule has 1 saturated heterocycles. The Morgan fingerprint density at radius 1 is 0.929 bits per heavy atom. The Kier molecular flexibility index (Phi) is 11.4. The van der Waals surface area contributed by atoms with Gasteiger partial charge in [-0.3, -0.25) is 0 Å². The SMILES string of the molecule is CCCCCC/C=C/CCCCCCCCc1cccc(OCC2(C)CO2)c1. The lowest BCUT2D eigenvalue weighted by Crippen LogP contribution is -2.16. The Morgan fingerprint density at radius 2 is 1.57 bits per heavy atom. The highest BCUT2D eigenvalue weighted by Crippen LogP contribution is 2.27. The van der Waals surface area contributed by atoms with Crippen molar-refractivity contribution in [1.29, 1.82) is 0 Å². The van der Waals surface area contributed by atoms with E-state index in [0.29, 0.717) is 6.61 Å². The van der Waals surface area contributed by atoms with Crippen LogP contribution in [0.1, 0.15) is 96.5 Å². The second-order valence-corrected chi connectivity index (χ2v) is 8.66. The molecule has 1 atom stereocenters. The number of rotatable bonds is 17. The quantitative estimate of drug-likeness (QED) is 0.156. The lowest BCUT2D eigenvalue weighted by Gasteiger charge is -2.10. The zero-order valence-electron chi connectivity index (χ0n) is 18.4. The maximum atomic E-state index is 5.87. The third-order valence-corrected chi connectivity index (χ3v) is 5.56. The molecule has 0 aromatic heterocycles. The first-order valence-corrected chi connectivity index (χ1v) is 11.7. The van der Waals surface area contributed by atoms with Crippen LogP contribution in [-0.2, 0) is 11.2 Å². The van der Waals surface area contributed by atoms with E-state index in [-0.39, 0.29) is 5.60 Å². The molecule has 1 unspecified atom stereocenters. The second kappa shape index (κ2) is 13.8. The summed E-state index contributed by atoms with van der Waals surface area (Å²) in [4.78, 5) is 0. The number of unbranched alkanes of at least 4 members (excludes halogenated alkanes) is 10. The van der Waals surface area contributed by atoms with Gasteiger partial charge in [0.15, 0.2) is 0 Å². The highest BCUT2D eigenvalue weighted by Gasteiger charge is 2.40. The fraction of sp³-hybridized carbons (Fsp3) is 0.692. The molecule has 2 heteroatoms. The monoisotopic (exact) mass is 386 g/mol. The van der Waals surface area contributed by atoms with Crippen molar-refractivity contribution in [1.82, 2.24) is 0 Å². The average Bonchev–Trinajstić information content (AvgIpc) is 3.45. The lowest BCUT2D eigenvalue weighted by atomic mass is 10.0. The van der Waals surface area contributed by atoms with Gasteiger partial charge in [-0.05, 0) is 63.1 Å². The first-order chi connectivity index (χ1) is 13.7. The van der Waals surface area contributed by atoms with Crippen molar-refractivity contribution in [2.24, 2.45) is 0 Å². The van der Waals surface area contributed by atoms with Crippen molar-refractivity contribution in [2.75, 3.05) is 13.2 Å². The average molecular weight is 387 g/mol. The van der Waals surface area contributed by atoms with Gasteiger partial charge in [0, 0.05) is 0 Å². The molecule has 0 aliphatic carbocycles. The normalized spacial score (nSPS) is 18.6. The molecule has 1 aliphatic heterocycles. The van der Waals surface area contributed by atoms with Crippen LogP contribution in [0.2, 0.25) is 0 Å². The van der Waals surface area contributed by atoms with Gasteiger partial charge in [0.2, 0.25) is 0 Å². The predicted octanol–water partition coefficient (Wildman–Crippen LogP) is 7.65. The van der Waals surface area contributed by atoms with Crippen LogP contribution in [0.4, 0.5) is 0 Å². The van der Waals surface area contributed by atoms with Crippen LogP contribution in [0.5, 0.6) is 5.75 Å². The van der Waals surface area contributed by atoms with Gasteiger partial charge in [-0.2, -0.15) is 0 Å². The predicted molar refractivity (Wildman–Crippen MR) is 120 cm³/mol. The van der Waals surface area contributed by atoms with Crippen molar-refractivity contribution in [3.8, 4) is 5.75 Å². The molecule has 0 amide bonds. The number of hydrogen-bond acceptors (Lipinski definition) is 2. The Morgan fingerprint density at radius 3 is 2.25 bits per heavy atom.